The summed E-state index contributed by atoms with van der Waals surface area (Å²) in [5.41, 5.74) is 8.08. The Bertz CT molecular complexity index is 837. The molecule has 1 aromatic heterocycles. The molecule has 3 N–H and O–H groups in total. The number of hydrogen-bond donors (Lipinski definition) is 3. The molecular formula is C18H21F2N5O. The van der Waals surface area contributed by atoms with Gasteiger partial charge in [0.15, 0.2) is 0 Å². The van der Waals surface area contributed by atoms with Crippen molar-refractivity contribution in [3.8, 4) is 11.4 Å². The van der Waals surface area contributed by atoms with Crippen LogP contribution >= 0.6 is 0 Å². The highest BCUT2D eigenvalue weighted by molar-refractivity contribution is 5.80. The lowest BCUT2D eigenvalue weighted by atomic mass is 9.97. The first kappa shape index (κ1) is 17.1. The molecule has 1 saturated heterocycles. The fourth-order valence-electron chi connectivity index (χ4n) is 3.71. The minimum Gasteiger partial charge on any atom is -0.340 e. The molecule has 2 atom stereocenters. The van der Waals surface area contributed by atoms with Crippen molar-refractivity contribution in [3.63, 3.8) is 0 Å². The number of fused-ring (bicyclic) bond motifs is 1. The number of amides is 1. The Morgan fingerprint density at radius 2 is 2.23 bits per heavy atom. The molecule has 2 aliphatic rings. The van der Waals surface area contributed by atoms with Crippen LogP contribution in [-0.2, 0) is 17.8 Å². The van der Waals surface area contributed by atoms with E-state index in [2.05, 4.69) is 27.7 Å². The molecule has 0 aliphatic carbocycles. The lowest BCUT2D eigenvalue weighted by molar-refractivity contribution is -0.136. The van der Waals surface area contributed by atoms with Gasteiger partial charge in [0.2, 0.25) is 5.91 Å². The number of H-pyrrole nitrogens is 1. The van der Waals surface area contributed by atoms with Crippen LogP contribution < -0.4 is 10.9 Å². The average Bonchev–Trinajstić information content (AvgIpc) is 3.26. The van der Waals surface area contributed by atoms with Crippen molar-refractivity contribution < 1.29 is 13.6 Å². The van der Waals surface area contributed by atoms with E-state index in [9.17, 15) is 13.6 Å². The number of hydrazine groups is 1. The Hall–Kier alpha value is -2.32. The van der Waals surface area contributed by atoms with Crippen molar-refractivity contribution in [1.29, 1.82) is 0 Å². The highest BCUT2D eigenvalue weighted by atomic mass is 19.1. The van der Waals surface area contributed by atoms with Gasteiger partial charge in [0, 0.05) is 31.6 Å². The minimum absolute atomic E-state index is 0.0847. The number of aromatic amines is 1. The van der Waals surface area contributed by atoms with Crippen molar-refractivity contribution in [3.05, 3.63) is 41.2 Å². The lowest BCUT2D eigenvalue weighted by Gasteiger charge is -2.29. The van der Waals surface area contributed by atoms with Gasteiger partial charge in [-0.15, -0.1) is 0 Å². The number of benzene rings is 1. The Balaban J connectivity index is 1.54. The van der Waals surface area contributed by atoms with Crippen LogP contribution in [0, 0.1) is 17.6 Å². The van der Waals surface area contributed by atoms with E-state index < -0.39 is 11.6 Å². The van der Waals surface area contributed by atoms with E-state index in [1.165, 1.54) is 12.1 Å². The van der Waals surface area contributed by atoms with Crippen LogP contribution in [0.25, 0.3) is 11.4 Å². The third-order valence-electron chi connectivity index (χ3n) is 5.18. The summed E-state index contributed by atoms with van der Waals surface area (Å²) in [7, 11) is 0. The van der Waals surface area contributed by atoms with E-state index in [-0.39, 0.29) is 23.4 Å². The molecule has 3 heterocycles. The Morgan fingerprint density at radius 1 is 1.38 bits per heavy atom. The molecule has 2 unspecified atom stereocenters. The van der Waals surface area contributed by atoms with Crippen molar-refractivity contribution in [2.45, 2.75) is 32.4 Å². The molecule has 1 amide bonds. The first-order valence-electron chi connectivity index (χ1n) is 8.87. The van der Waals surface area contributed by atoms with Gasteiger partial charge in [0.25, 0.3) is 0 Å². The molecule has 0 radical (unpaired) electrons. The van der Waals surface area contributed by atoms with Crippen LogP contribution in [0.2, 0.25) is 0 Å². The van der Waals surface area contributed by atoms with Gasteiger partial charge < -0.3 is 9.88 Å². The van der Waals surface area contributed by atoms with Crippen molar-refractivity contribution in [2.24, 2.45) is 5.92 Å². The predicted molar refractivity (Wildman–Crippen MR) is 91.8 cm³/mol. The summed E-state index contributed by atoms with van der Waals surface area (Å²) < 4.78 is 27.1. The normalized spacial score (nSPS) is 22.5. The van der Waals surface area contributed by atoms with Crippen molar-refractivity contribution >= 4 is 5.91 Å². The molecule has 1 fully saturated rings. The average molecular weight is 361 g/mol. The largest absolute Gasteiger partial charge is 0.340 e. The number of aromatic nitrogens is 2. The van der Waals surface area contributed by atoms with Crippen LogP contribution in [-0.4, -0.2) is 39.9 Å². The van der Waals surface area contributed by atoms with E-state index in [0.29, 0.717) is 31.9 Å². The SMILES string of the molecule is CCC1NNCC1C(=O)N1CCc2nc(-c3ccc(F)cc3F)[nH]c2C1. The molecule has 138 valence electrons. The fraction of sp³-hybridized carbons (Fsp3) is 0.444. The molecule has 26 heavy (non-hydrogen) atoms. The first-order chi connectivity index (χ1) is 12.6. The third-order valence-corrected chi connectivity index (χ3v) is 5.18. The second-order valence-corrected chi connectivity index (χ2v) is 6.79. The molecule has 0 saturated carbocycles. The topological polar surface area (TPSA) is 73.0 Å². The number of nitrogens with zero attached hydrogens (tertiary/aromatic N) is 2. The quantitative estimate of drug-likeness (QED) is 0.779. The van der Waals surface area contributed by atoms with Gasteiger partial charge in [-0.25, -0.2) is 13.8 Å². The molecule has 2 aliphatic heterocycles. The standard InChI is InChI=1S/C18H21F2N5O/c1-2-14-12(8-21-24-14)18(26)25-6-5-15-16(9-25)23-17(22-15)11-4-3-10(19)7-13(11)20/h3-4,7,12,14,21,24H,2,5-6,8-9H2,1H3,(H,22,23). The Morgan fingerprint density at radius 3 is 3.00 bits per heavy atom. The fourth-order valence-corrected chi connectivity index (χ4v) is 3.71. The van der Waals surface area contributed by atoms with E-state index >= 15 is 0 Å². The molecule has 1 aromatic carbocycles. The number of hydrogen-bond acceptors (Lipinski definition) is 4. The predicted octanol–water partition coefficient (Wildman–Crippen LogP) is 1.74. The van der Waals surface area contributed by atoms with Crippen LogP contribution in [0.1, 0.15) is 24.7 Å². The maximum atomic E-state index is 14.0. The van der Waals surface area contributed by atoms with E-state index in [1.807, 2.05) is 4.90 Å². The maximum absolute atomic E-state index is 14.0. The van der Waals surface area contributed by atoms with Crippen molar-refractivity contribution in [2.75, 3.05) is 13.1 Å². The summed E-state index contributed by atoms with van der Waals surface area (Å²) in [6.07, 6.45) is 1.49. The minimum atomic E-state index is -0.655. The van der Waals surface area contributed by atoms with Gasteiger partial charge in [0.1, 0.15) is 17.5 Å². The monoisotopic (exact) mass is 361 g/mol. The second-order valence-electron chi connectivity index (χ2n) is 6.79. The first-order valence-corrected chi connectivity index (χ1v) is 8.87. The van der Waals surface area contributed by atoms with Gasteiger partial charge in [-0.1, -0.05) is 6.92 Å². The Kier molecular flexibility index (Phi) is 4.46. The summed E-state index contributed by atoms with van der Waals surface area (Å²) in [5.74, 6) is -0.874. The molecule has 6 nitrogen and oxygen atoms in total. The van der Waals surface area contributed by atoms with Gasteiger partial charge in [-0.2, -0.15) is 0 Å². The Labute approximate surface area is 150 Å². The molecule has 0 bridgehead atoms. The molecule has 4 rings (SSSR count). The smallest absolute Gasteiger partial charge is 0.229 e. The summed E-state index contributed by atoms with van der Waals surface area (Å²) >= 11 is 0. The summed E-state index contributed by atoms with van der Waals surface area (Å²) in [4.78, 5) is 22.2. The van der Waals surface area contributed by atoms with E-state index in [1.54, 1.807) is 0 Å². The van der Waals surface area contributed by atoms with Crippen LogP contribution in [0.15, 0.2) is 18.2 Å². The number of rotatable bonds is 3. The number of halogens is 2. The van der Waals surface area contributed by atoms with Gasteiger partial charge in [-0.3, -0.25) is 15.6 Å². The van der Waals surface area contributed by atoms with Gasteiger partial charge in [-0.05, 0) is 18.6 Å². The van der Waals surface area contributed by atoms with Gasteiger partial charge in [0.05, 0.1) is 29.4 Å². The number of imidazole rings is 1. The summed E-state index contributed by atoms with van der Waals surface area (Å²) in [5, 5.41) is 0. The second kappa shape index (κ2) is 6.77. The van der Waals surface area contributed by atoms with Crippen LogP contribution in [0.3, 0.4) is 0 Å². The number of carbonyl (C=O) groups excluding carboxylic acids is 1. The summed E-state index contributed by atoms with van der Waals surface area (Å²) in [6.45, 7) is 3.69. The van der Waals surface area contributed by atoms with E-state index in [4.69, 9.17) is 0 Å². The van der Waals surface area contributed by atoms with E-state index in [0.717, 1.165) is 23.9 Å². The molecular weight excluding hydrogens is 340 g/mol. The highest BCUT2D eigenvalue weighted by Crippen LogP contribution is 2.26. The van der Waals surface area contributed by atoms with Gasteiger partial charge >= 0.3 is 0 Å². The number of carbonyl (C=O) groups is 1. The summed E-state index contributed by atoms with van der Waals surface area (Å²) in [6, 6.07) is 3.56. The zero-order valence-electron chi connectivity index (χ0n) is 14.5. The zero-order chi connectivity index (χ0) is 18.3. The van der Waals surface area contributed by atoms with Crippen LogP contribution in [0.4, 0.5) is 8.78 Å². The van der Waals surface area contributed by atoms with Crippen molar-refractivity contribution in [1.82, 2.24) is 25.7 Å². The maximum Gasteiger partial charge on any atom is 0.229 e. The highest BCUT2D eigenvalue weighted by Gasteiger charge is 2.36. The third kappa shape index (κ3) is 2.99. The van der Waals surface area contributed by atoms with Crippen LogP contribution in [0.5, 0.6) is 0 Å². The molecule has 8 heteroatoms. The number of nitrogens with one attached hydrogen (secondary N) is 3. The molecule has 0 spiro atoms. The zero-order valence-corrected chi connectivity index (χ0v) is 14.5. The lowest BCUT2D eigenvalue weighted by Crippen LogP contribution is -2.44. The molecule has 2 aromatic rings.